The first-order valence-electron chi connectivity index (χ1n) is 9.01. The molecule has 0 bridgehead atoms. The first-order chi connectivity index (χ1) is 13.8. The van der Waals surface area contributed by atoms with Crippen molar-refractivity contribution in [2.45, 2.75) is 26.2 Å². The minimum absolute atomic E-state index is 0. The Morgan fingerprint density at radius 2 is 1.57 bits per heavy atom. The van der Waals surface area contributed by atoms with E-state index in [1.807, 2.05) is 51.1 Å². The van der Waals surface area contributed by atoms with Gasteiger partial charge in [-0.3, -0.25) is 9.97 Å². The Bertz CT molecular complexity index is 1190. The molecule has 0 unspecified atom stereocenters. The average Bonchev–Trinajstić information content (AvgIpc) is 3.14. The van der Waals surface area contributed by atoms with E-state index in [1.165, 1.54) is 0 Å². The van der Waals surface area contributed by atoms with Gasteiger partial charge in [0.25, 0.3) is 0 Å². The molecule has 0 fully saturated rings. The molecule has 4 aromatic rings. The van der Waals surface area contributed by atoms with E-state index in [-0.39, 0.29) is 26.6 Å². The molecule has 4 aromatic heterocycles. The van der Waals surface area contributed by atoms with Gasteiger partial charge in [-0.2, -0.15) is 0 Å². The second-order valence-corrected chi connectivity index (χ2v) is 7.20. The van der Waals surface area contributed by atoms with Crippen molar-refractivity contribution in [2.24, 2.45) is 0 Å². The third-order valence-corrected chi connectivity index (χ3v) is 4.71. The fourth-order valence-corrected chi connectivity index (χ4v) is 3.05. The third kappa shape index (κ3) is 4.21. The van der Waals surface area contributed by atoms with Crippen LogP contribution in [0.1, 0.15) is 30.9 Å². The normalized spacial score (nSPS) is 11.2. The monoisotopic (exact) mass is 584 g/mol. The van der Waals surface area contributed by atoms with Crippen LogP contribution < -0.4 is 5.10 Å². The first-order valence-corrected chi connectivity index (χ1v) is 9.01. The van der Waals surface area contributed by atoms with Gasteiger partial charge in [0.1, 0.15) is 11.9 Å². The minimum atomic E-state index is -0.947. The molecule has 0 amide bonds. The van der Waals surface area contributed by atoms with E-state index in [4.69, 9.17) is 4.98 Å². The van der Waals surface area contributed by atoms with Crippen molar-refractivity contribution in [1.82, 2.24) is 25.1 Å². The van der Waals surface area contributed by atoms with E-state index in [1.54, 1.807) is 12.1 Å². The summed E-state index contributed by atoms with van der Waals surface area (Å²) in [4.78, 5) is 12.6. The van der Waals surface area contributed by atoms with Crippen molar-refractivity contribution in [3.05, 3.63) is 83.6 Å². The SMILES string of the molecule is Cc1cc(-c2cccc(C(C)(C)c3cccc(-c4[c-]cc(F)nc4F)n3)n2)[n-]n1.[Pt+2]. The smallest absolute Gasteiger partial charge is 0.574 e. The van der Waals surface area contributed by atoms with Gasteiger partial charge in [0.15, 0.2) is 0 Å². The van der Waals surface area contributed by atoms with Gasteiger partial charge in [-0.15, -0.1) is 6.07 Å². The second-order valence-electron chi connectivity index (χ2n) is 7.20. The summed E-state index contributed by atoms with van der Waals surface area (Å²) in [5.41, 5.74) is 3.48. The van der Waals surface area contributed by atoms with E-state index in [2.05, 4.69) is 26.2 Å². The van der Waals surface area contributed by atoms with Crippen LogP contribution in [0.2, 0.25) is 0 Å². The molecular formula is C22H17F2N5Pt. The van der Waals surface area contributed by atoms with E-state index >= 15 is 0 Å². The van der Waals surface area contributed by atoms with Crippen LogP contribution in [0.15, 0.2) is 48.5 Å². The van der Waals surface area contributed by atoms with Gasteiger partial charge in [0, 0.05) is 22.5 Å². The molecule has 0 saturated carbocycles. The van der Waals surface area contributed by atoms with Crippen LogP contribution in [0.25, 0.3) is 22.6 Å². The summed E-state index contributed by atoms with van der Waals surface area (Å²) in [6, 6.07) is 16.4. The number of aromatic nitrogens is 5. The zero-order valence-corrected chi connectivity index (χ0v) is 18.7. The predicted octanol–water partition coefficient (Wildman–Crippen LogP) is 4.27. The molecule has 0 aliphatic heterocycles. The zero-order valence-electron chi connectivity index (χ0n) is 16.4. The number of hydrogen-bond donors (Lipinski definition) is 0. The van der Waals surface area contributed by atoms with Gasteiger partial charge in [-0.25, -0.2) is 8.78 Å². The number of aryl methyl sites for hydroxylation is 1. The molecule has 0 aromatic carbocycles. The molecule has 0 atom stereocenters. The van der Waals surface area contributed by atoms with E-state index in [0.29, 0.717) is 17.1 Å². The maximum Gasteiger partial charge on any atom is 2.00 e. The molecule has 154 valence electrons. The van der Waals surface area contributed by atoms with Gasteiger partial charge in [0.2, 0.25) is 0 Å². The number of nitrogens with zero attached hydrogens (tertiary/aromatic N) is 5. The molecule has 0 saturated heterocycles. The van der Waals surface area contributed by atoms with Gasteiger partial charge >= 0.3 is 21.1 Å². The van der Waals surface area contributed by atoms with E-state index in [9.17, 15) is 8.78 Å². The molecule has 30 heavy (non-hydrogen) atoms. The predicted molar refractivity (Wildman–Crippen MR) is 104 cm³/mol. The molecule has 5 nitrogen and oxygen atoms in total. The van der Waals surface area contributed by atoms with E-state index in [0.717, 1.165) is 23.1 Å². The fourth-order valence-electron chi connectivity index (χ4n) is 3.05. The first kappa shape index (κ1) is 21.9. The van der Waals surface area contributed by atoms with Crippen molar-refractivity contribution in [2.75, 3.05) is 0 Å². The van der Waals surface area contributed by atoms with Gasteiger partial charge in [-0.1, -0.05) is 41.6 Å². The van der Waals surface area contributed by atoms with Crippen LogP contribution in [-0.4, -0.2) is 20.1 Å². The Morgan fingerprint density at radius 1 is 0.933 bits per heavy atom. The number of rotatable bonds is 4. The van der Waals surface area contributed by atoms with Crippen LogP contribution in [0.5, 0.6) is 0 Å². The van der Waals surface area contributed by atoms with Crippen molar-refractivity contribution >= 4 is 0 Å². The Labute approximate surface area is 187 Å². The second kappa shape index (κ2) is 8.52. The molecule has 4 heterocycles. The number of pyridine rings is 3. The molecule has 0 aliphatic carbocycles. The maximum atomic E-state index is 14.1. The average molecular weight is 584 g/mol. The third-order valence-electron chi connectivity index (χ3n) is 4.71. The molecule has 4 rings (SSSR count). The molecule has 0 spiro atoms. The topological polar surface area (TPSA) is 65.7 Å². The largest absolute Gasteiger partial charge is 2.00 e. The minimum Gasteiger partial charge on any atom is -0.574 e. The Hall–Kier alpha value is -2.79. The maximum absolute atomic E-state index is 14.1. The quantitative estimate of drug-likeness (QED) is 0.265. The fraction of sp³-hybridized carbons (Fsp3) is 0.182. The summed E-state index contributed by atoms with van der Waals surface area (Å²) < 4.78 is 27.2. The van der Waals surface area contributed by atoms with Gasteiger partial charge in [-0.05, 0) is 44.7 Å². The van der Waals surface area contributed by atoms with Crippen LogP contribution >= 0.6 is 0 Å². The van der Waals surface area contributed by atoms with Crippen LogP contribution in [0, 0.1) is 24.9 Å². The summed E-state index contributed by atoms with van der Waals surface area (Å²) in [6.07, 6.45) is 0. The number of halogens is 2. The molecule has 0 aliphatic rings. The summed E-state index contributed by atoms with van der Waals surface area (Å²) in [5.74, 6) is -1.87. The van der Waals surface area contributed by atoms with Gasteiger partial charge < -0.3 is 15.2 Å². The Kier molecular flexibility index (Phi) is 6.22. The van der Waals surface area contributed by atoms with Crippen LogP contribution in [0.3, 0.4) is 0 Å². The molecular weight excluding hydrogens is 567 g/mol. The Morgan fingerprint density at radius 3 is 2.17 bits per heavy atom. The molecule has 0 N–H and O–H groups in total. The molecule has 0 radical (unpaired) electrons. The summed E-state index contributed by atoms with van der Waals surface area (Å²) >= 11 is 0. The van der Waals surface area contributed by atoms with Crippen molar-refractivity contribution < 1.29 is 29.8 Å². The standard InChI is InChI=1S/C22H17F2N5.Pt/c1-13-12-17(29-28-13)16-7-5-9-19(26-16)22(2,3)18-8-4-6-15(25-18)14-10-11-20(23)27-21(14)24;/h4-9,11-12H,1-3H3;/q-2;+2. The summed E-state index contributed by atoms with van der Waals surface area (Å²) in [5, 5.41) is 8.17. The van der Waals surface area contributed by atoms with Crippen LogP contribution in [-0.2, 0) is 26.5 Å². The van der Waals surface area contributed by atoms with Gasteiger partial charge in [0.05, 0.1) is 5.69 Å². The van der Waals surface area contributed by atoms with Crippen molar-refractivity contribution in [3.8, 4) is 22.6 Å². The zero-order chi connectivity index (χ0) is 20.6. The van der Waals surface area contributed by atoms with Crippen LogP contribution in [0.4, 0.5) is 8.78 Å². The Balaban J connectivity index is 0.00000256. The summed E-state index contributed by atoms with van der Waals surface area (Å²) in [6.45, 7) is 5.84. The summed E-state index contributed by atoms with van der Waals surface area (Å²) in [7, 11) is 0. The van der Waals surface area contributed by atoms with Crippen molar-refractivity contribution in [1.29, 1.82) is 0 Å². The number of hydrogen-bond acceptors (Lipinski definition) is 4. The van der Waals surface area contributed by atoms with E-state index < -0.39 is 17.3 Å². The molecule has 8 heteroatoms. The van der Waals surface area contributed by atoms with Crippen molar-refractivity contribution in [3.63, 3.8) is 0 Å².